The fraction of sp³-hybridized carbons (Fsp3) is 0.360. The molecule has 9 nitrogen and oxygen atoms in total. The monoisotopic (exact) mass is 463 g/mol. The zero-order valence-corrected chi connectivity index (χ0v) is 20.0. The molecule has 1 N–H and O–H groups in total. The maximum Gasteiger partial charge on any atom is 0.352 e. The van der Waals surface area contributed by atoms with Gasteiger partial charge in [-0.3, -0.25) is 14.2 Å². The van der Waals surface area contributed by atoms with E-state index in [2.05, 4.69) is 10.4 Å². The third-order valence-corrected chi connectivity index (χ3v) is 5.64. The van der Waals surface area contributed by atoms with E-state index >= 15 is 0 Å². The van der Waals surface area contributed by atoms with Crippen LogP contribution in [0.2, 0.25) is 0 Å². The van der Waals surface area contributed by atoms with E-state index in [0.717, 1.165) is 5.56 Å². The number of methoxy groups -OCH3 is 1. The van der Waals surface area contributed by atoms with Gasteiger partial charge in [0.05, 0.1) is 24.6 Å². The molecule has 4 aromatic rings. The van der Waals surface area contributed by atoms with Crippen molar-refractivity contribution in [3.05, 3.63) is 74.4 Å². The molecule has 4 rings (SSSR count). The van der Waals surface area contributed by atoms with Crippen LogP contribution in [0.15, 0.2) is 52.1 Å². The molecule has 178 valence electrons. The number of hydrogen-bond donors (Lipinski definition) is 1. The molecule has 2 aromatic heterocycles. The average Bonchev–Trinajstić information content (AvgIpc) is 3.12. The molecule has 0 saturated carbocycles. The van der Waals surface area contributed by atoms with Crippen molar-refractivity contribution in [2.24, 2.45) is 5.92 Å². The second-order valence-electron chi connectivity index (χ2n) is 9.03. The van der Waals surface area contributed by atoms with Gasteiger partial charge in [-0.2, -0.15) is 0 Å². The summed E-state index contributed by atoms with van der Waals surface area (Å²) in [7, 11) is 1.58. The highest BCUT2D eigenvalue weighted by atomic mass is 16.5. The van der Waals surface area contributed by atoms with Gasteiger partial charge < -0.3 is 10.1 Å². The number of amides is 1. The molecule has 0 atom stereocenters. The first-order valence-electron chi connectivity index (χ1n) is 11.3. The van der Waals surface area contributed by atoms with Crippen molar-refractivity contribution in [3.8, 4) is 5.75 Å². The molecule has 2 aromatic carbocycles. The summed E-state index contributed by atoms with van der Waals surface area (Å²) in [5.74, 6) is 0.955. The lowest BCUT2D eigenvalue weighted by molar-refractivity contribution is 0.0949. The topological polar surface area (TPSA) is 99.6 Å². The predicted octanol–water partition coefficient (Wildman–Crippen LogP) is 2.83. The van der Waals surface area contributed by atoms with E-state index in [0.29, 0.717) is 34.7 Å². The summed E-state index contributed by atoms with van der Waals surface area (Å²) in [6.45, 7) is 8.49. The third-order valence-electron chi connectivity index (χ3n) is 5.64. The van der Waals surface area contributed by atoms with E-state index in [4.69, 9.17) is 4.74 Å². The predicted molar refractivity (Wildman–Crippen MR) is 131 cm³/mol. The molecule has 0 aliphatic rings. The Hall–Kier alpha value is -3.88. The van der Waals surface area contributed by atoms with Crippen LogP contribution in [0.5, 0.6) is 5.75 Å². The van der Waals surface area contributed by atoms with Gasteiger partial charge in [-0.25, -0.2) is 13.9 Å². The van der Waals surface area contributed by atoms with Gasteiger partial charge in [-0.15, -0.1) is 5.10 Å². The summed E-state index contributed by atoms with van der Waals surface area (Å²) in [5, 5.41) is 7.75. The molecule has 0 fully saturated rings. The second kappa shape index (κ2) is 9.17. The zero-order chi connectivity index (χ0) is 24.6. The van der Waals surface area contributed by atoms with Crippen molar-refractivity contribution < 1.29 is 9.53 Å². The maximum atomic E-state index is 13.5. The third kappa shape index (κ3) is 4.21. The summed E-state index contributed by atoms with van der Waals surface area (Å²) in [4.78, 5) is 39.5. The lowest BCUT2D eigenvalue weighted by atomic mass is 10.1. The SMILES string of the molecule is COc1cccc(Cn2nc3n(C(C)C)c(=O)c4ccc(C(=O)NCC(C)C)cc4n3c2=O)c1. The molecule has 0 bridgehead atoms. The Bertz CT molecular complexity index is 1490. The summed E-state index contributed by atoms with van der Waals surface area (Å²) in [6.07, 6.45) is 0. The summed E-state index contributed by atoms with van der Waals surface area (Å²) in [5.41, 5.74) is 0.920. The Morgan fingerprint density at radius 3 is 2.53 bits per heavy atom. The Labute approximate surface area is 196 Å². The molecule has 1 amide bonds. The van der Waals surface area contributed by atoms with Crippen molar-refractivity contribution in [3.63, 3.8) is 0 Å². The Morgan fingerprint density at radius 2 is 1.85 bits per heavy atom. The number of hydrogen-bond acceptors (Lipinski definition) is 5. The number of nitrogens with zero attached hydrogens (tertiary/aromatic N) is 4. The van der Waals surface area contributed by atoms with Crippen LogP contribution in [0.3, 0.4) is 0 Å². The van der Waals surface area contributed by atoms with Crippen LogP contribution in [-0.4, -0.2) is 38.3 Å². The van der Waals surface area contributed by atoms with E-state index < -0.39 is 5.69 Å². The quantitative estimate of drug-likeness (QED) is 0.454. The summed E-state index contributed by atoms with van der Waals surface area (Å²) >= 11 is 0. The van der Waals surface area contributed by atoms with Gasteiger partial charge in [0.2, 0.25) is 5.78 Å². The lowest BCUT2D eigenvalue weighted by Crippen LogP contribution is -2.29. The van der Waals surface area contributed by atoms with Crippen LogP contribution in [0, 0.1) is 5.92 Å². The van der Waals surface area contributed by atoms with E-state index in [1.807, 2.05) is 52.0 Å². The number of ether oxygens (including phenoxy) is 1. The minimum absolute atomic E-state index is 0.208. The van der Waals surface area contributed by atoms with Crippen molar-refractivity contribution >= 4 is 22.6 Å². The second-order valence-corrected chi connectivity index (χ2v) is 9.03. The van der Waals surface area contributed by atoms with E-state index in [-0.39, 0.29) is 29.8 Å². The standard InChI is InChI=1S/C25H29N5O4/c1-15(2)13-26-22(31)18-9-10-20-21(12-18)30-24(29(16(3)4)23(20)32)27-28(25(30)33)14-17-7-6-8-19(11-17)34-5/h6-12,15-16H,13-14H2,1-5H3,(H,26,31). The number of fused-ring (bicyclic) bond motifs is 3. The summed E-state index contributed by atoms with van der Waals surface area (Å²) < 4.78 is 9.52. The smallest absolute Gasteiger partial charge is 0.352 e. The molecule has 0 spiro atoms. The fourth-order valence-corrected chi connectivity index (χ4v) is 3.93. The molecule has 0 saturated heterocycles. The van der Waals surface area contributed by atoms with E-state index in [1.165, 1.54) is 13.6 Å². The first-order chi connectivity index (χ1) is 16.2. The normalized spacial score (nSPS) is 11.6. The number of carbonyl (C=O) groups is 1. The molecule has 0 radical (unpaired) electrons. The highest BCUT2D eigenvalue weighted by molar-refractivity contribution is 5.98. The van der Waals surface area contributed by atoms with Crippen LogP contribution < -0.4 is 21.3 Å². The molecule has 9 heteroatoms. The lowest BCUT2D eigenvalue weighted by Gasteiger charge is -2.13. The average molecular weight is 464 g/mol. The number of nitrogens with one attached hydrogen (secondary N) is 1. The molecule has 2 heterocycles. The van der Waals surface area contributed by atoms with E-state index in [9.17, 15) is 14.4 Å². The molecule has 0 aliphatic heterocycles. The molecule has 0 unspecified atom stereocenters. The van der Waals surface area contributed by atoms with Crippen LogP contribution in [0.4, 0.5) is 0 Å². The highest BCUT2D eigenvalue weighted by Crippen LogP contribution is 2.18. The molecular weight excluding hydrogens is 434 g/mol. The Balaban J connectivity index is 1.93. The Morgan fingerprint density at radius 1 is 1.09 bits per heavy atom. The van der Waals surface area contributed by atoms with Crippen molar-refractivity contribution in [2.75, 3.05) is 13.7 Å². The highest BCUT2D eigenvalue weighted by Gasteiger charge is 2.20. The van der Waals surface area contributed by atoms with Crippen LogP contribution in [0.1, 0.15) is 49.7 Å². The number of aromatic nitrogens is 4. The molecule has 34 heavy (non-hydrogen) atoms. The van der Waals surface area contributed by atoms with Gasteiger partial charge >= 0.3 is 5.69 Å². The van der Waals surface area contributed by atoms with Crippen LogP contribution in [-0.2, 0) is 6.54 Å². The zero-order valence-electron chi connectivity index (χ0n) is 20.0. The minimum Gasteiger partial charge on any atom is -0.497 e. The molecule has 0 aliphatic carbocycles. The first kappa shape index (κ1) is 23.3. The van der Waals surface area contributed by atoms with Gasteiger partial charge in [0.1, 0.15) is 5.75 Å². The van der Waals surface area contributed by atoms with Crippen LogP contribution in [0.25, 0.3) is 16.7 Å². The molecular formula is C25H29N5O4. The van der Waals surface area contributed by atoms with Gasteiger partial charge in [-0.1, -0.05) is 26.0 Å². The summed E-state index contributed by atoms with van der Waals surface area (Å²) in [6, 6.07) is 12.0. The van der Waals surface area contributed by atoms with Crippen molar-refractivity contribution in [2.45, 2.75) is 40.3 Å². The van der Waals surface area contributed by atoms with Crippen LogP contribution >= 0.6 is 0 Å². The maximum absolute atomic E-state index is 13.5. The number of benzene rings is 2. The Kier molecular flexibility index (Phi) is 6.28. The van der Waals surface area contributed by atoms with Gasteiger partial charge in [0.15, 0.2) is 0 Å². The van der Waals surface area contributed by atoms with E-state index in [1.54, 1.807) is 25.3 Å². The number of carbonyl (C=O) groups excluding carboxylic acids is 1. The van der Waals surface area contributed by atoms with Gasteiger partial charge in [-0.05, 0) is 55.7 Å². The van der Waals surface area contributed by atoms with Crippen molar-refractivity contribution in [1.29, 1.82) is 0 Å². The van der Waals surface area contributed by atoms with Crippen molar-refractivity contribution in [1.82, 2.24) is 24.1 Å². The van der Waals surface area contributed by atoms with Gasteiger partial charge in [0.25, 0.3) is 11.5 Å². The van der Waals surface area contributed by atoms with Gasteiger partial charge in [0, 0.05) is 18.2 Å². The largest absolute Gasteiger partial charge is 0.497 e. The number of rotatable bonds is 7. The minimum atomic E-state index is -0.392. The first-order valence-corrected chi connectivity index (χ1v) is 11.3. The fourth-order valence-electron chi connectivity index (χ4n) is 3.93.